The Kier molecular flexibility index (Phi) is 4.42. The van der Waals surface area contributed by atoms with Gasteiger partial charge in [0.2, 0.25) is 0 Å². The number of rotatable bonds is 5. The van der Waals surface area contributed by atoms with Crippen LogP contribution in [-0.4, -0.2) is 24.4 Å². The SMILES string of the molecule is COc1ccc(O)c(C(C)Nc2ccc(OC)c(O)c2)c1. The van der Waals surface area contributed by atoms with Crippen molar-refractivity contribution in [3.05, 3.63) is 42.0 Å². The lowest BCUT2D eigenvalue weighted by Crippen LogP contribution is -2.07. The van der Waals surface area contributed by atoms with E-state index in [4.69, 9.17) is 9.47 Å². The van der Waals surface area contributed by atoms with E-state index in [-0.39, 0.29) is 17.5 Å². The second kappa shape index (κ2) is 6.26. The fourth-order valence-corrected chi connectivity index (χ4v) is 2.11. The molecule has 0 aromatic heterocycles. The van der Waals surface area contributed by atoms with Crippen molar-refractivity contribution in [2.24, 2.45) is 0 Å². The van der Waals surface area contributed by atoms with Crippen LogP contribution in [0.1, 0.15) is 18.5 Å². The van der Waals surface area contributed by atoms with Crippen molar-refractivity contribution in [2.45, 2.75) is 13.0 Å². The Morgan fingerprint density at radius 2 is 1.71 bits per heavy atom. The zero-order chi connectivity index (χ0) is 15.4. The second-order valence-electron chi connectivity index (χ2n) is 4.68. The highest BCUT2D eigenvalue weighted by Gasteiger charge is 2.12. The van der Waals surface area contributed by atoms with Gasteiger partial charge in [-0.2, -0.15) is 0 Å². The van der Waals surface area contributed by atoms with Crippen LogP contribution in [0.2, 0.25) is 0 Å². The number of aromatic hydroxyl groups is 2. The summed E-state index contributed by atoms with van der Waals surface area (Å²) in [6.07, 6.45) is 0. The summed E-state index contributed by atoms with van der Waals surface area (Å²) in [6, 6.07) is 9.96. The van der Waals surface area contributed by atoms with Crippen molar-refractivity contribution in [1.82, 2.24) is 0 Å². The van der Waals surface area contributed by atoms with Crippen LogP contribution >= 0.6 is 0 Å². The van der Waals surface area contributed by atoms with Crippen LogP contribution in [0.4, 0.5) is 5.69 Å². The molecule has 0 aliphatic heterocycles. The van der Waals surface area contributed by atoms with E-state index in [0.29, 0.717) is 17.1 Å². The van der Waals surface area contributed by atoms with Crippen LogP contribution in [0, 0.1) is 0 Å². The Balaban J connectivity index is 2.21. The molecule has 2 rings (SSSR count). The molecule has 112 valence electrons. The number of benzene rings is 2. The van der Waals surface area contributed by atoms with Gasteiger partial charge in [0.1, 0.15) is 11.5 Å². The smallest absolute Gasteiger partial charge is 0.160 e. The zero-order valence-electron chi connectivity index (χ0n) is 12.3. The molecular weight excluding hydrogens is 270 g/mol. The minimum atomic E-state index is -0.159. The normalized spacial score (nSPS) is 11.8. The largest absolute Gasteiger partial charge is 0.508 e. The summed E-state index contributed by atoms with van der Waals surface area (Å²) in [4.78, 5) is 0. The predicted molar refractivity (Wildman–Crippen MR) is 81.4 cm³/mol. The van der Waals surface area contributed by atoms with Crippen molar-refractivity contribution in [1.29, 1.82) is 0 Å². The monoisotopic (exact) mass is 289 g/mol. The van der Waals surface area contributed by atoms with Gasteiger partial charge in [-0.05, 0) is 37.3 Å². The summed E-state index contributed by atoms with van der Waals surface area (Å²) in [5.74, 6) is 1.34. The van der Waals surface area contributed by atoms with Gasteiger partial charge in [0, 0.05) is 17.3 Å². The van der Waals surface area contributed by atoms with E-state index >= 15 is 0 Å². The fourth-order valence-electron chi connectivity index (χ4n) is 2.11. The van der Waals surface area contributed by atoms with Gasteiger partial charge < -0.3 is 25.0 Å². The molecule has 2 aromatic rings. The molecular formula is C16H19NO4. The molecule has 3 N–H and O–H groups in total. The van der Waals surface area contributed by atoms with E-state index < -0.39 is 0 Å². The first-order valence-corrected chi connectivity index (χ1v) is 6.55. The molecule has 0 amide bonds. The van der Waals surface area contributed by atoms with Gasteiger partial charge in [-0.1, -0.05) is 0 Å². The molecule has 0 saturated heterocycles. The van der Waals surface area contributed by atoms with Crippen molar-refractivity contribution >= 4 is 5.69 Å². The van der Waals surface area contributed by atoms with Gasteiger partial charge >= 0.3 is 0 Å². The van der Waals surface area contributed by atoms with E-state index in [1.54, 1.807) is 43.5 Å². The summed E-state index contributed by atoms with van der Waals surface area (Å²) in [5.41, 5.74) is 1.44. The fraction of sp³-hybridized carbons (Fsp3) is 0.250. The number of hydrogen-bond donors (Lipinski definition) is 3. The second-order valence-corrected chi connectivity index (χ2v) is 4.68. The Labute approximate surface area is 123 Å². The van der Waals surface area contributed by atoms with Crippen LogP contribution in [0.3, 0.4) is 0 Å². The molecule has 2 aromatic carbocycles. The summed E-state index contributed by atoms with van der Waals surface area (Å²) in [7, 11) is 3.08. The Hall–Kier alpha value is -2.56. The predicted octanol–water partition coefficient (Wildman–Crippen LogP) is 3.29. The summed E-state index contributed by atoms with van der Waals surface area (Å²) in [6.45, 7) is 1.91. The van der Waals surface area contributed by atoms with E-state index in [2.05, 4.69) is 5.32 Å². The van der Waals surface area contributed by atoms with Crippen LogP contribution < -0.4 is 14.8 Å². The van der Waals surface area contributed by atoms with Crippen LogP contribution in [0.5, 0.6) is 23.0 Å². The molecule has 0 aliphatic carbocycles. The third-order valence-electron chi connectivity index (χ3n) is 3.26. The average molecular weight is 289 g/mol. The summed E-state index contributed by atoms with van der Waals surface area (Å²) in [5, 5.41) is 22.9. The van der Waals surface area contributed by atoms with Gasteiger partial charge in [0.05, 0.1) is 20.3 Å². The first kappa shape index (κ1) is 14.8. The highest BCUT2D eigenvalue weighted by atomic mass is 16.5. The third kappa shape index (κ3) is 3.31. The first-order chi connectivity index (χ1) is 10.0. The molecule has 0 saturated carbocycles. The average Bonchev–Trinajstić information content (AvgIpc) is 2.48. The van der Waals surface area contributed by atoms with Crippen molar-refractivity contribution in [2.75, 3.05) is 19.5 Å². The van der Waals surface area contributed by atoms with E-state index in [1.807, 2.05) is 6.92 Å². The lowest BCUT2D eigenvalue weighted by molar-refractivity contribution is 0.373. The number of methoxy groups -OCH3 is 2. The molecule has 1 unspecified atom stereocenters. The molecule has 0 radical (unpaired) electrons. The quantitative estimate of drug-likeness (QED) is 0.788. The first-order valence-electron chi connectivity index (χ1n) is 6.55. The zero-order valence-corrected chi connectivity index (χ0v) is 12.3. The topological polar surface area (TPSA) is 71.0 Å². The van der Waals surface area contributed by atoms with E-state index in [9.17, 15) is 10.2 Å². The highest BCUT2D eigenvalue weighted by molar-refractivity contribution is 5.56. The van der Waals surface area contributed by atoms with Gasteiger partial charge in [-0.25, -0.2) is 0 Å². The highest BCUT2D eigenvalue weighted by Crippen LogP contribution is 2.33. The number of phenols is 2. The Morgan fingerprint density at radius 1 is 0.952 bits per heavy atom. The number of ether oxygens (including phenoxy) is 2. The Bertz CT molecular complexity index is 628. The van der Waals surface area contributed by atoms with Gasteiger partial charge in [0.15, 0.2) is 11.5 Å². The number of anilines is 1. The molecule has 5 nitrogen and oxygen atoms in total. The molecule has 0 heterocycles. The lowest BCUT2D eigenvalue weighted by atomic mass is 10.1. The standard InChI is InChI=1S/C16H19NO4/c1-10(13-9-12(20-2)5-6-14(13)18)17-11-4-7-16(21-3)15(19)8-11/h4-10,17-19H,1-3H3. The van der Waals surface area contributed by atoms with Gasteiger partial charge in [-0.15, -0.1) is 0 Å². The summed E-state index contributed by atoms with van der Waals surface area (Å²) >= 11 is 0. The minimum Gasteiger partial charge on any atom is -0.508 e. The molecule has 0 bridgehead atoms. The van der Waals surface area contributed by atoms with Crippen molar-refractivity contribution in [3.8, 4) is 23.0 Å². The summed E-state index contributed by atoms with van der Waals surface area (Å²) < 4.78 is 10.2. The lowest BCUT2D eigenvalue weighted by Gasteiger charge is -2.18. The maximum atomic E-state index is 9.95. The van der Waals surface area contributed by atoms with Gasteiger partial charge in [-0.3, -0.25) is 0 Å². The van der Waals surface area contributed by atoms with E-state index in [0.717, 1.165) is 5.69 Å². The van der Waals surface area contributed by atoms with Crippen LogP contribution in [0.15, 0.2) is 36.4 Å². The maximum absolute atomic E-state index is 9.95. The third-order valence-corrected chi connectivity index (χ3v) is 3.26. The molecule has 1 atom stereocenters. The number of hydrogen-bond acceptors (Lipinski definition) is 5. The van der Waals surface area contributed by atoms with Crippen LogP contribution in [-0.2, 0) is 0 Å². The van der Waals surface area contributed by atoms with Crippen molar-refractivity contribution < 1.29 is 19.7 Å². The molecule has 0 spiro atoms. The van der Waals surface area contributed by atoms with E-state index in [1.165, 1.54) is 7.11 Å². The van der Waals surface area contributed by atoms with Crippen LogP contribution in [0.25, 0.3) is 0 Å². The van der Waals surface area contributed by atoms with Gasteiger partial charge in [0.25, 0.3) is 0 Å². The molecule has 21 heavy (non-hydrogen) atoms. The van der Waals surface area contributed by atoms with Crippen molar-refractivity contribution in [3.63, 3.8) is 0 Å². The number of nitrogens with one attached hydrogen (secondary N) is 1. The molecule has 5 heteroatoms. The molecule has 0 fully saturated rings. The Morgan fingerprint density at radius 3 is 2.33 bits per heavy atom. The molecule has 0 aliphatic rings. The maximum Gasteiger partial charge on any atom is 0.160 e. The number of phenolic OH excluding ortho intramolecular Hbond substituents is 2. The minimum absolute atomic E-state index is 0.0598.